The molecule has 0 aliphatic carbocycles. The number of hydrogen-bond acceptors (Lipinski definition) is 1. The van der Waals surface area contributed by atoms with E-state index in [1.165, 1.54) is 27.5 Å². The molecule has 2 aliphatic rings. The molecular weight excluding hydrogens is 403 g/mol. The monoisotopic (exact) mass is 426 g/mol. The quantitative estimate of drug-likeness (QED) is 0.373. The lowest BCUT2D eigenvalue weighted by molar-refractivity contribution is 0.431. The lowest BCUT2D eigenvalue weighted by atomic mass is 9.32. The molecule has 0 spiro atoms. The number of aromatic nitrogens is 2. The van der Waals surface area contributed by atoms with Gasteiger partial charge in [0.1, 0.15) is 0 Å². The first-order valence-electron chi connectivity index (χ1n) is 11.5. The van der Waals surface area contributed by atoms with Crippen molar-refractivity contribution in [2.24, 2.45) is 0 Å². The molecule has 3 nitrogen and oxygen atoms in total. The number of para-hydroxylation sites is 2. The Morgan fingerprint density at radius 3 is 2.00 bits per heavy atom. The molecule has 0 N–H and O–H groups in total. The van der Waals surface area contributed by atoms with Crippen LogP contribution in [0.25, 0.3) is 11.4 Å². The van der Waals surface area contributed by atoms with Gasteiger partial charge < -0.3 is 4.74 Å². The molecule has 158 valence electrons. The lowest BCUT2D eigenvalue weighted by Crippen LogP contribution is -2.61. The third kappa shape index (κ3) is 2.46. The molecule has 0 radical (unpaired) electrons. The zero-order valence-electron chi connectivity index (χ0n) is 18.7. The van der Waals surface area contributed by atoms with E-state index in [2.05, 4.69) is 120 Å². The fraction of sp³-hybridized carbons (Fsp3) is 0.103. The number of fused-ring (bicyclic) bond motifs is 4. The molecule has 2 aliphatic heterocycles. The van der Waals surface area contributed by atoms with Gasteiger partial charge in [0.25, 0.3) is 6.71 Å². The molecule has 0 unspecified atom stereocenters. The summed E-state index contributed by atoms with van der Waals surface area (Å²) in [5.74, 6) is 1.82. The van der Waals surface area contributed by atoms with E-state index >= 15 is 0 Å². The van der Waals surface area contributed by atoms with E-state index in [0.717, 1.165) is 23.1 Å². The van der Waals surface area contributed by atoms with E-state index < -0.39 is 0 Å². The van der Waals surface area contributed by atoms with Crippen LogP contribution in [0, 0.1) is 0 Å². The Bertz CT molecular complexity index is 1510. The van der Waals surface area contributed by atoms with Crippen LogP contribution in [0.4, 0.5) is 0 Å². The third-order valence-electron chi connectivity index (χ3n) is 7.35. The summed E-state index contributed by atoms with van der Waals surface area (Å²) in [5, 5.41) is 0. The van der Waals surface area contributed by atoms with Gasteiger partial charge in [0.2, 0.25) is 11.8 Å². The predicted molar refractivity (Wildman–Crippen MR) is 135 cm³/mol. The first kappa shape index (κ1) is 18.6. The number of nitrogens with zero attached hydrogens (tertiary/aromatic N) is 2. The zero-order chi connectivity index (χ0) is 22.2. The SMILES string of the molecule is CC1(C)c2ccccc2B2c3ccn(-c4ccccc4)c3Oc3c2c1cn3-c1ccccc1. The molecular formula is C29H23BN2O. The van der Waals surface area contributed by atoms with Crippen LogP contribution in [0.15, 0.2) is 103 Å². The molecule has 33 heavy (non-hydrogen) atoms. The van der Waals surface area contributed by atoms with Crippen molar-refractivity contribution in [3.05, 3.63) is 115 Å². The summed E-state index contributed by atoms with van der Waals surface area (Å²) in [7, 11) is 0. The van der Waals surface area contributed by atoms with Crippen molar-refractivity contribution in [1.82, 2.24) is 9.13 Å². The molecule has 3 aromatic carbocycles. The van der Waals surface area contributed by atoms with Crippen molar-refractivity contribution in [3.63, 3.8) is 0 Å². The van der Waals surface area contributed by atoms with Crippen molar-refractivity contribution in [2.45, 2.75) is 19.3 Å². The van der Waals surface area contributed by atoms with Crippen LogP contribution in [-0.4, -0.2) is 15.8 Å². The third-order valence-corrected chi connectivity index (χ3v) is 7.35. The van der Waals surface area contributed by atoms with Gasteiger partial charge in [-0.05, 0) is 52.4 Å². The summed E-state index contributed by atoms with van der Waals surface area (Å²) in [6.45, 7) is 4.81. The number of rotatable bonds is 2. The lowest BCUT2D eigenvalue weighted by Gasteiger charge is -2.38. The van der Waals surface area contributed by atoms with Gasteiger partial charge >= 0.3 is 0 Å². The molecule has 0 amide bonds. The molecule has 2 aromatic heterocycles. The van der Waals surface area contributed by atoms with Gasteiger partial charge in [-0.2, -0.15) is 0 Å². The van der Waals surface area contributed by atoms with Crippen molar-refractivity contribution < 1.29 is 4.74 Å². The van der Waals surface area contributed by atoms with Crippen molar-refractivity contribution in [1.29, 1.82) is 0 Å². The van der Waals surface area contributed by atoms with E-state index in [9.17, 15) is 0 Å². The van der Waals surface area contributed by atoms with Crippen LogP contribution in [0.5, 0.6) is 11.8 Å². The number of benzene rings is 3. The zero-order valence-corrected chi connectivity index (χ0v) is 18.7. The van der Waals surface area contributed by atoms with Crippen LogP contribution in [-0.2, 0) is 5.41 Å². The molecule has 0 bridgehead atoms. The van der Waals surface area contributed by atoms with Gasteiger partial charge in [0.05, 0.1) is 0 Å². The van der Waals surface area contributed by atoms with Gasteiger partial charge in [-0.15, -0.1) is 0 Å². The summed E-state index contributed by atoms with van der Waals surface area (Å²) in [5.41, 5.74) is 8.72. The molecule has 4 heterocycles. The Morgan fingerprint density at radius 1 is 0.636 bits per heavy atom. The maximum atomic E-state index is 6.81. The van der Waals surface area contributed by atoms with Gasteiger partial charge in [-0.3, -0.25) is 9.13 Å². The molecule has 0 atom stereocenters. The van der Waals surface area contributed by atoms with Crippen LogP contribution in [0.3, 0.4) is 0 Å². The second kappa shape index (κ2) is 6.55. The summed E-state index contributed by atoms with van der Waals surface area (Å²) >= 11 is 0. The first-order chi connectivity index (χ1) is 16.1. The Hall–Kier alpha value is -3.92. The minimum Gasteiger partial charge on any atom is -0.425 e. The van der Waals surface area contributed by atoms with Gasteiger partial charge in [-0.25, -0.2) is 0 Å². The summed E-state index contributed by atoms with van der Waals surface area (Å²) in [6, 6.07) is 32.1. The molecule has 7 rings (SSSR count). The fourth-order valence-electron chi connectivity index (χ4n) is 5.75. The average Bonchev–Trinajstić information content (AvgIpc) is 3.46. The van der Waals surface area contributed by atoms with Crippen molar-refractivity contribution in [2.75, 3.05) is 0 Å². The summed E-state index contributed by atoms with van der Waals surface area (Å²) < 4.78 is 11.2. The van der Waals surface area contributed by atoms with E-state index in [1.54, 1.807) is 0 Å². The summed E-state index contributed by atoms with van der Waals surface area (Å²) in [4.78, 5) is 0. The van der Waals surface area contributed by atoms with Gasteiger partial charge in [0.15, 0.2) is 0 Å². The standard InChI is InChI=1S/C29H23BN2O/c1-29(2)22-15-9-10-16-24(22)30-25-17-18-31(20-11-5-3-6-12-20)27(25)33-28-26(30)23(29)19-32(28)21-13-7-4-8-14-21/h3-19H,1-2H3. The minimum atomic E-state index is -0.111. The van der Waals surface area contributed by atoms with Crippen LogP contribution in [0.2, 0.25) is 0 Å². The fourth-order valence-corrected chi connectivity index (χ4v) is 5.75. The van der Waals surface area contributed by atoms with E-state index in [4.69, 9.17) is 4.74 Å². The van der Waals surface area contributed by atoms with Crippen LogP contribution < -0.4 is 21.1 Å². The summed E-state index contributed by atoms with van der Waals surface area (Å²) in [6.07, 6.45) is 4.43. The Balaban J connectivity index is 1.55. The minimum absolute atomic E-state index is 0.111. The van der Waals surface area contributed by atoms with Gasteiger partial charge in [0, 0.05) is 29.2 Å². The molecule has 4 heteroatoms. The number of ether oxygens (including phenoxy) is 1. The topological polar surface area (TPSA) is 19.1 Å². The highest BCUT2D eigenvalue weighted by molar-refractivity contribution is 6.98. The predicted octanol–water partition coefficient (Wildman–Crippen LogP) is 4.53. The smallest absolute Gasteiger partial charge is 0.256 e. The van der Waals surface area contributed by atoms with E-state index in [1.807, 2.05) is 6.07 Å². The highest BCUT2D eigenvalue weighted by atomic mass is 16.5. The van der Waals surface area contributed by atoms with Crippen LogP contribution >= 0.6 is 0 Å². The largest absolute Gasteiger partial charge is 0.425 e. The second-order valence-electron chi connectivity index (χ2n) is 9.50. The van der Waals surface area contributed by atoms with Crippen molar-refractivity contribution in [3.8, 4) is 23.1 Å². The Morgan fingerprint density at radius 2 is 1.27 bits per heavy atom. The number of hydrogen-bond donors (Lipinski definition) is 0. The van der Waals surface area contributed by atoms with E-state index in [0.29, 0.717) is 0 Å². The Labute approximate surface area is 194 Å². The highest BCUT2D eigenvalue weighted by Crippen LogP contribution is 2.41. The normalized spacial score (nSPS) is 14.8. The molecule has 5 aromatic rings. The van der Waals surface area contributed by atoms with Crippen LogP contribution in [0.1, 0.15) is 25.0 Å². The maximum Gasteiger partial charge on any atom is 0.256 e. The van der Waals surface area contributed by atoms with Gasteiger partial charge in [-0.1, -0.05) is 80.0 Å². The second-order valence-corrected chi connectivity index (χ2v) is 9.50. The maximum absolute atomic E-state index is 6.81. The average molecular weight is 426 g/mol. The highest BCUT2D eigenvalue weighted by Gasteiger charge is 2.47. The molecule has 0 fully saturated rings. The van der Waals surface area contributed by atoms with Crippen molar-refractivity contribution >= 4 is 23.1 Å². The Kier molecular flexibility index (Phi) is 3.70. The molecule has 0 saturated heterocycles. The molecule has 0 saturated carbocycles. The first-order valence-corrected chi connectivity index (χ1v) is 11.5. The van der Waals surface area contributed by atoms with E-state index in [-0.39, 0.29) is 12.1 Å².